The summed E-state index contributed by atoms with van der Waals surface area (Å²) in [6.07, 6.45) is 2.23. The maximum atomic E-state index is 12.5. The van der Waals surface area contributed by atoms with Crippen molar-refractivity contribution in [3.05, 3.63) is 56.2 Å². The van der Waals surface area contributed by atoms with Gasteiger partial charge in [0.1, 0.15) is 0 Å². The summed E-state index contributed by atoms with van der Waals surface area (Å²) in [6.45, 7) is 1.88. The van der Waals surface area contributed by atoms with Crippen LogP contribution in [0.15, 0.2) is 41.2 Å². The van der Waals surface area contributed by atoms with E-state index in [2.05, 4.69) is 10.3 Å². The van der Waals surface area contributed by atoms with Gasteiger partial charge in [-0.3, -0.25) is 0 Å². The van der Waals surface area contributed by atoms with Crippen molar-refractivity contribution < 1.29 is 9.59 Å². The Morgan fingerprint density at radius 2 is 2.25 bits per heavy atom. The van der Waals surface area contributed by atoms with E-state index in [-0.39, 0.29) is 20.4 Å². The normalized spacial score (nSPS) is 10.4. The number of thiophene rings is 1. The third-order valence-electron chi connectivity index (χ3n) is 3.27. The fourth-order valence-electron chi connectivity index (χ4n) is 2.06. The number of carbonyl (C=O) groups excluding carboxylic acids is 2. The van der Waals surface area contributed by atoms with E-state index in [1.807, 2.05) is 35.9 Å². The Labute approximate surface area is 153 Å². The van der Waals surface area contributed by atoms with Gasteiger partial charge in [-0.15, -0.1) is 0 Å². The number of amides is 2. The fourth-order valence-corrected chi connectivity index (χ4v) is 4.63. The zero-order valence-electron chi connectivity index (χ0n) is 12.5. The molecule has 3 aromatic rings. The zero-order chi connectivity index (χ0) is 17.1. The van der Waals surface area contributed by atoms with Gasteiger partial charge >= 0.3 is 154 Å². The van der Waals surface area contributed by atoms with Crippen molar-refractivity contribution in [1.29, 1.82) is 0 Å². The van der Waals surface area contributed by atoms with Crippen LogP contribution in [0.3, 0.4) is 0 Å². The third-order valence-corrected chi connectivity index (χ3v) is 6.35. The van der Waals surface area contributed by atoms with Crippen LogP contribution in [0.1, 0.15) is 14.8 Å². The van der Waals surface area contributed by atoms with E-state index in [0.717, 1.165) is 17.7 Å². The molecule has 0 aliphatic rings. The van der Waals surface area contributed by atoms with Crippen LogP contribution in [0.2, 0.25) is 5.02 Å². The van der Waals surface area contributed by atoms with Crippen molar-refractivity contribution >= 4 is 65.8 Å². The van der Waals surface area contributed by atoms with Gasteiger partial charge < -0.3 is 0 Å². The van der Waals surface area contributed by atoms with Crippen LogP contribution in [0.4, 0.5) is 16.1 Å². The average Bonchev–Trinajstić information content (AvgIpc) is 3.24. The second-order valence-electron chi connectivity index (χ2n) is 4.85. The molecule has 0 saturated heterocycles. The van der Waals surface area contributed by atoms with Crippen LogP contribution in [0, 0.1) is 6.92 Å². The zero-order valence-corrected chi connectivity index (χ0v) is 15.8. The van der Waals surface area contributed by atoms with E-state index in [4.69, 9.17) is 11.6 Å². The molecule has 2 amide bonds. The fraction of sp³-hybridized carbons (Fsp3) is 0.0625. The first-order valence-corrected chi connectivity index (χ1v) is 9.92. The van der Waals surface area contributed by atoms with Gasteiger partial charge in [0.15, 0.2) is 0 Å². The maximum absolute atomic E-state index is 12.5. The minimum absolute atomic E-state index is 0.249. The molecule has 0 aliphatic heterocycles. The predicted molar refractivity (Wildman–Crippen MR) is 97.8 cm³/mol. The van der Waals surface area contributed by atoms with Crippen LogP contribution in [-0.4, -0.2) is 31.8 Å². The first-order chi connectivity index (χ1) is 11.6. The van der Waals surface area contributed by atoms with Gasteiger partial charge in [-0.25, -0.2) is 0 Å². The molecule has 1 aromatic carbocycles. The molecule has 8 heteroatoms. The molecule has 24 heavy (non-hydrogen) atoms. The van der Waals surface area contributed by atoms with Crippen LogP contribution in [-0.2, 0) is 4.79 Å². The van der Waals surface area contributed by atoms with Crippen molar-refractivity contribution in [3.63, 3.8) is 0 Å². The Morgan fingerprint density at radius 1 is 1.42 bits per heavy atom. The average molecular weight is 425 g/mol. The number of halogens is 1. The molecule has 3 rings (SSSR count). The van der Waals surface area contributed by atoms with Crippen molar-refractivity contribution in [3.8, 4) is 0 Å². The van der Waals surface area contributed by atoms with Gasteiger partial charge in [0.25, 0.3) is 0 Å². The van der Waals surface area contributed by atoms with Gasteiger partial charge in [0, 0.05) is 0 Å². The predicted octanol–water partition coefficient (Wildman–Crippen LogP) is 3.71. The van der Waals surface area contributed by atoms with Crippen molar-refractivity contribution in [2.75, 3.05) is 10.2 Å². The molecule has 2 aromatic heterocycles. The van der Waals surface area contributed by atoms with E-state index in [9.17, 15) is 9.59 Å². The molecule has 0 radical (unpaired) electrons. The van der Waals surface area contributed by atoms with E-state index >= 15 is 0 Å². The molecule has 0 unspecified atom stereocenters. The molecule has 0 saturated carbocycles. The number of hydrogen-bond donors (Lipinski definition) is 1. The number of benzene rings is 1. The second-order valence-corrected chi connectivity index (χ2v) is 8.15. The molecule has 0 fully saturated rings. The molecule has 1 N–H and O–H groups in total. The number of hydrogen-bond acceptors (Lipinski definition) is 4. The van der Waals surface area contributed by atoms with Crippen LogP contribution in [0.5, 0.6) is 0 Å². The quantitative estimate of drug-likeness (QED) is 0.502. The molecular formula is C16H12ClN3O2SSe. The molecule has 0 spiro atoms. The first-order valence-electron chi connectivity index (χ1n) is 6.89. The summed E-state index contributed by atoms with van der Waals surface area (Å²) in [7, 11) is 0. The molecular weight excluding hydrogens is 413 g/mol. The number of anilines is 3. The first kappa shape index (κ1) is 16.9. The Morgan fingerprint density at radius 3 is 2.92 bits per heavy atom. The monoisotopic (exact) mass is 425 g/mol. The van der Waals surface area contributed by atoms with Gasteiger partial charge in [0.2, 0.25) is 0 Å². The Bertz CT molecular complexity index is 859. The number of carbonyl (C=O) groups is 2. The number of aromatic nitrogens is 1. The van der Waals surface area contributed by atoms with E-state index in [0.29, 0.717) is 19.8 Å². The van der Waals surface area contributed by atoms with Crippen LogP contribution in [0.25, 0.3) is 0 Å². The standard InChI is InChI=1S/C16H12ClN3O2SSe/c1-10-3-2-4-12(17)14(10)19-15(22)13-7-18-16(24-13)20(9-21)11-5-6-23-8-11/h2-9H,1H3,(H,19,22). The summed E-state index contributed by atoms with van der Waals surface area (Å²) in [6, 6.07) is 7.27. The number of para-hydroxylation sites is 1. The SMILES string of the molecule is Cc1cccc(Cl)c1NC(=O)c1cnc(N(C=O)c2ccsc2)[se]1. The Kier molecular flexibility index (Phi) is 5.16. The summed E-state index contributed by atoms with van der Waals surface area (Å²) in [4.78, 5) is 29.5. The summed E-state index contributed by atoms with van der Waals surface area (Å²) in [5.74, 6) is -0.249. The Balaban J connectivity index is 1.82. The van der Waals surface area contributed by atoms with Gasteiger partial charge in [0.05, 0.1) is 0 Å². The van der Waals surface area contributed by atoms with Gasteiger partial charge in [-0.2, -0.15) is 0 Å². The van der Waals surface area contributed by atoms with Crippen molar-refractivity contribution in [2.45, 2.75) is 6.92 Å². The summed E-state index contributed by atoms with van der Waals surface area (Å²) >= 11 is 7.27. The van der Waals surface area contributed by atoms with Crippen molar-refractivity contribution in [2.24, 2.45) is 0 Å². The Hall–Kier alpha value is -1.92. The van der Waals surface area contributed by atoms with E-state index in [1.54, 1.807) is 6.07 Å². The van der Waals surface area contributed by atoms with E-state index in [1.165, 1.54) is 22.4 Å². The van der Waals surface area contributed by atoms with Crippen LogP contribution >= 0.6 is 22.9 Å². The van der Waals surface area contributed by atoms with E-state index < -0.39 is 0 Å². The molecule has 5 nitrogen and oxygen atoms in total. The molecule has 122 valence electrons. The molecule has 0 atom stereocenters. The minimum atomic E-state index is -0.359. The number of nitrogens with zero attached hydrogens (tertiary/aromatic N) is 2. The molecule has 0 bridgehead atoms. The number of aryl methyl sites for hydroxylation is 1. The van der Waals surface area contributed by atoms with Gasteiger partial charge in [-0.05, 0) is 0 Å². The molecule has 0 aliphatic carbocycles. The van der Waals surface area contributed by atoms with Crippen molar-refractivity contribution in [1.82, 2.24) is 4.98 Å². The van der Waals surface area contributed by atoms with Crippen LogP contribution < -0.4 is 10.2 Å². The number of rotatable bonds is 5. The third kappa shape index (κ3) is 3.44. The summed E-state index contributed by atoms with van der Waals surface area (Å²) in [5, 5.41) is 7.06. The molecule has 2 heterocycles. The summed E-state index contributed by atoms with van der Waals surface area (Å²) in [5.41, 5.74) is 2.24. The van der Waals surface area contributed by atoms with Gasteiger partial charge in [-0.1, -0.05) is 0 Å². The number of nitrogens with one attached hydrogen (secondary N) is 1. The summed E-state index contributed by atoms with van der Waals surface area (Å²) < 4.78 is 1.12. The second kappa shape index (κ2) is 7.32. The topological polar surface area (TPSA) is 62.3 Å².